The Balaban J connectivity index is 1.85. The van der Waals surface area contributed by atoms with Crippen molar-refractivity contribution in [3.8, 4) is 0 Å². The van der Waals surface area contributed by atoms with Crippen LogP contribution in [-0.4, -0.2) is 59.0 Å². The summed E-state index contributed by atoms with van der Waals surface area (Å²) in [5, 5.41) is 20.8. The second kappa shape index (κ2) is 5.53. The van der Waals surface area contributed by atoms with Crippen molar-refractivity contribution >= 4 is 0 Å². The fourth-order valence-electron chi connectivity index (χ4n) is 5.57. The first-order valence-corrected chi connectivity index (χ1v) is 9.09. The topological polar surface area (TPSA) is 68.2 Å². The van der Waals surface area contributed by atoms with E-state index in [0.717, 1.165) is 45.1 Å². The lowest BCUT2D eigenvalue weighted by Gasteiger charge is -2.61. The van der Waals surface area contributed by atoms with Gasteiger partial charge in [0, 0.05) is 26.4 Å². The predicted molar refractivity (Wildman–Crippen MR) is 84.2 cm³/mol. The van der Waals surface area contributed by atoms with Gasteiger partial charge in [-0.2, -0.15) is 0 Å². The van der Waals surface area contributed by atoms with Gasteiger partial charge in [-0.15, -0.1) is 0 Å². The largest absolute Gasteiger partial charge is 0.396 e. The average molecular weight is 324 g/mol. The molecule has 5 nitrogen and oxygen atoms in total. The van der Waals surface area contributed by atoms with Crippen LogP contribution in [0.1, 0.15) is 51.4 Å². The van der Waals surface area contributed by atoms with Crippen molar-refractivity contribution in [3.63, 3.8) is 0 Å². The molecule has 0 aromatic carbocycles. The van der Waals surface area contributed by atoms with Gasteiger partial charge >= 0.3 is 0 Å². The number of fused-ring (bicyclic) bond motifs is 2. The van der Waals surface area contributed by atoms with Crippen molar-refractivity contribution in [2.75, 3.05) is 26.4 Å². The first-order valence-electron chi connectivity index (χ1n) is 9.09. The van der Waals surface area contributed by atoms with Gasteiger partial charge in [0.2, 0.25) is 0 Å². The summed E-state index contributed by atoms with van der Waals surface area (Å²) in [6.45, 7) is 2.15. The Labute approximate surface area is 137 Å². The van der Waals surface area contributed by atoms with Gasteiger partial charge in [0.15, 0.2) is 0 Å². The Morgan fingerprint density at radius 3 is 2.04 bits per heavy atom. The summed E-state index contributed by atoms with van der Waals surface area (Å²) in [5.41, 5.74) is -2.94. The molecule has 3 aliphatic heterocycles. The average Bonchev–Trinajstić information content (AvgIpc) is 3.30. The number of aliphatic hydroxyl groups is 2. The van der Waals surface area contributed by atoms with Gasteiger partial charge in [0.1, 0.15) is 22.4 Å². The molecule has 4 rings (SSSR count). The van der Waals surface area contributed by atoms with E-state index >= 15 is 0 Å². The first-order chi connectivity index (χ1) is 11.1. The fourth-order valence-corrected chi connectivity index (χ4v) is 5.57. The lowest BCUT2D eigenvalue weighted by atomic mass is 9.56. The summed E-state index contributed by atoms with van der Waals surface area (Å²) in [6.07, 6.45) is 10.5. The second-order valence-corrected chi connectivity index (χ2v) is 7.48. The quantitative estimate of drug-likeness (QED) is 0.774. The van der Waals surface area contributed by atoms with E-state index in [0.29, 0.717) is 26.1 Å². The van der Waals surface area contributed by atoms with Crippen molar-refractivity contribution < 1.29 is 24.4 Å². The highest BCUT2D eigenvalue weighted by molar-refractivity contribution is 5.37. The van der Waals surface area contributed by atoms with E-state index in [4.69, 9.17) is 14.2 Å². The van der Waals surface area contributed by atoms with Crippen molar-refractivity contribution in [3.05, 3.63) is 12.2 Å². The minimum atomic E-state index is -1.10. The van der Waals surface area contributed by atoms with Crippen LogP contribution in [0.25, 0.3) is 0 Å². The molecule has 0 aromatic rings. The van der Waals surface area contributed by atoms with E-state index in [-0.39, 0.29) is 6.61 Å². The zero-order valence-electron chi connectivity index (χ0n) is 13.8. The number of hydrogen-bond donors (Lipinski definition) is 2. The van der Waals surface area contributed by atoms with Gasteiger partial charge in [-0.1, -0.05) is 12.2 Å². The minimum absolute atomic E-state index is 0.0712. The molecule has 0 radical (unpaired) electrons. The highest BCUT2D eigenvalue weighted by Crippen LogP contribution is 2.62. The molecule has 0 amide bonds. The van der Waals surface area contributed by atoms with Gasteiger partial charge in [-0.05, 0) is 51.4 Å². The molecular formula is C18H28O5. The molecule has 2 N–H and O–H groups in total. The maximum absolute atomic E-state index is 11.6. The summed E-state index contributed by atoms with van der Waals surface area (Å²) in [5.74, 6) is 0. The van der Waals surface area contributed by atoms with E-state index < -0.39 is 22.4 Å². The van der Waals surface area contributed by atoms with Crippen LogP contribution in [0.15, 0.2) is 12.2 Å². The van der Waals surface area contributed by atoms with Crippen LogP contribution >= 0.6 is 0 Å². The maximum atomic E-state index is 11.6. The SMILES string of the molecule is OCCC[C@]1(O)C=C[C@@]2(CCCO2)[C@]2(CCCO2)[C@@]12CCCO2. The van der Waals surface area contributed by atoms with Gasteiger partial charge in [-0.25, -0.2) is 0 Å². The summed E-state index contributed by atoms with van der Waals surface area (Å²) in [6, 6.07) is 0. The molecule has 4 atom stereocenters. The van der Waals surface area contributed by atoms with Crippen LogP contribution in [0.4, 0.5) is 0 Å². The molecule has 3 heterocycles. The molecule has 3 saturated heterocycles. The molecule has 0 unspecified atom stereocenters. The van der Waals surface area contributed by atoms with E-state index in [1.807, 2.05) is 6.08 Å². The van der Waals surface area contributed by atoms with Gasteiger partial charge in [0.25, 0.3) is 0 Å². The van der Waals surface area contributed by atoms with E-state index in [1.165, 1.54) is 0 Å². The Morgan fingerprint density at radius 2 is 1.48 bits per heavy atom. The number of rotatable bonds is 3. The van der Waals surface area contributed by atoms with Crippen molar-refractivity contribution in [1.29, 1.82) is 0 Å². The van der Waals surface area contributed by atoms with Crippen LogP contribution in [0.3, 0.4) is 0 Å². The highest BCUT2D eigenvalue weighted by atomic mass is 16.6. The fraction of sp³-hybridized carbons (Fsp3) is 0.889. The van der Waals surface area contributed by atoms with E-state index in [9.17, 15) is 10.2 Å². The number of aliphatic hydroxyl groups excluding tert-OH is 1. The van der Waals surface area contributed by atoms with Crippen molar-refractivity contribution in [2.24, 2.45) is 0 Å². The Kier molecular flexibility index (Phi) is 3.85. The lowest BCUT2D eigenvalue weighted by Crippen LogP contribution is -2.76. The minimum Gasteiger partial charge on any atom is -0.396 e. The third-order valence-electron chi connectivity index (χ3n) is 6.47. The molecule has 5 heteroatoms. The molecule has 0 aromatic heterocycles. The van der Waals surface area contributed by atoms with Crippen LogP contribution in [0, 0.1) is 0 Å². The molecule has 23 heavy (non-hydrogen) atoms. The Hall–Kier alpha value is -0.460. The smallest absolute Gasteiger partial charge is 0.133 e. The summed E-state index contributed by atoms with van der Waals surface area (Å²) >= 11 is 0. The predicted octanol–water partition coefficient (Wildman–Crippen LogP) is 1.71. The summed E-state index contributed by atoms with van der Waals surface area (Å²) in [7, 11) is 0. The van der Waals surface area contributed by atoms with Crippen molar-refractivity contribution in [2.45, 2.75) is 73.8 Å². The molecular weight excluding hydrogens is 296 g/mol. The van der Waals surface area contributed by atoms with Crippen LogP contribution < -0.4 is 0 Å². The van der Waals surface area contributed by atoms with E-state index in [2.05, 4.69) is 6.08 Å². The molecule has 3 spiro atoms. The van der Waals surface area contributed by atoms with Gasteiger partial charge in [0.05, 0.1) is 0 Å². The number of hydrogen-bond acceptors (Lipinski definition) is 5. The van der Waals surface area contributed by atoms with Gasteiger partial charge < -0.3 is 24.4 Å². The van der Waals surface area contributed by atoms with Gasteiger partial charge in [-0.3, -0.25) is 0 Å². The molecule has 0 bridgehead atoms. The maximum Gasteiger partial charge on any atom is 0.133 e. The zero-order chi connectivity index (χ0) is 16.0. The standard InChI is InChI=1S/C18H28O5/c19-11-1-5-15(20)9-10-16(6-2-12-21-16)18(8-4-14-23-18)17(15)7-3-13-22-17/h9-10,19-20H,1-8,11-14H2/t15-,16-,17+,18+/m0/s1. The molecule has 0 saturated carbocycles. The number of ether oxygens (including phenoxy) is 3. The molecule has 1 aliphatic carbocycles. The molecule has 3 fully saturated rings. The summed E-state index contributed by atoms with van der Waals surface area (Å²) in [4.78, 5) is 0. The van der Waals surface area contributed by atoms with Crippen LogP contribution in [0.2, 0.25) is 0 Å². The second-order valence-electron chi connectivity index (χ2n) is 7.48. The third-order valence-corrected chi connectivity index (χ3v) is 6.47. The normalized spacial score (nSPS) is 49.1. The van der Waals surface area contributed by atoms with Crippen LogP contribution in [-0.2, 0) is 14.2 Å². The van der Waals surface area contributed by atoms with E-state index in [1.54, 1.807) is 0 Å². The molecule has 4 aliphatic rings. The van der Waals surface area contributed by atoms with Crippen molar-refractivity contribution in [1.82, 2.24) is 0 Å². The Morgan fingerprint density at radius 1 is 0.826 bits per heavy atom. The monoisotopic (exact) mass is 324 g/mol. The first kappa shape index (κ1) is 16.0. The van der Waals surface area contributed by atoms with Crippen LogP contribution in [0.5, 0.6) is 0 Å². The highest BCUT2D eigenvalue weighted by Gasteiger charge is 2.75. The summed E-state index contributed by atoms with van der Waals surface area (Å²) < 4.78 is 19.0. The third kappa shape index (κ3) is 1.91. The zero-order valence-corrected chi connectivity index (χ0v) is 13.8. The Bertz CT molecular complexity index is 470. The molecule has 130 valence electrons. The lowest BCUT2D eigenvalue weighted by molar-refractivity contribution is -0.294.